The second kappa shape index (κ2) is 3.02. The topological polar surface area (TPSA) is 9.23 Å². The summed E-state index contributed by atoms with van der Waals surface area (Å²) in [4.78, 5) is 0. The third-order valence-corrected chi connectivity index (χ3v) is 2.78. The van der Waals surface area contributed by atoms with Gasteiger partial charge in [0.25, 0.3) is 0 Å². The number of hydrogen-bond donors (Lipinski definition) is 0. The summed E-state index contributed by atoms with van der Waals surface area (Å²) in [5, 5.41) is 2.59. The summed E-state index contributed by atoms with van der Waals surface area (Å²) in [6, 6.07) is 12.8. The molecule has 0 spiro atoms. The van der Waals surface area contributed by atoms with Crippen LogP contribution in [0.3, 0.4) is 0 Å². The van der Waals surface area contributed by atoms with Gasteiger partial charge in [-0.1, -0.05) is 24.3 Å². The van der Waals surface area contributed by atoms with E-state index in [2.05, 4.69) is 36.4 Å². The van der Waals surface area contributed by atoms with Gasteiger partial charge in [-0.25, -0.2) is 0 Å². The average molecular weight is 184 g/mol. The number of benzene rings is 2. The summed E-state index contributed by atoms with van der Waals surface area (Å²) >= 11 is 0. The van der Waals surface area contributed by atoms with Gasteiger partial charge >= 0.3 is 0 Å². The Bertz CT molecular complexity index is 429. The lowest BCUT2D eigenvalue weighted by Gasteiger charge is -2.17. The van der Waals surface area contributed by atoms with Crippen LogP contribution in [-0.4, -0.2) is 6.61 Å². The van der Waals surface area contributed by atoms with Crippen LogP contribution in [-0.2, 0) is 6.42 Å². The van der Waals surface area contributed by atoms with Gasteiger partial charge in [0.15, 0.2) is 0 Å². The number of hydrogen-bond acceptors (Lipinski definition) is 1. The Hall–Kier alpha value is -1.50. The van der Waals surface area contributed by atoms with Crippen LogP contribution in [0.1, 0.15) is 12.0 Å². The first kappa shape index (κ1) is 7.86. The van der Waals surface area contributed by atoms with Crippen LogP contribution in [0.4, 0.5) is 0 Å². The summed E-state index contributed by atoms with van der Waals surface area (Å²) in [6.07, 6.45) is 2.30. The van der Waals surface area contributed by atoms with Crippen molar-refractivity contribution in [1.29, 1.82) is 0 Å². The van der Waals surface area contributed by atoms with Crippen LogP contribution in [0.2, 0.25) is 0 Å². The molecule has 1 heterocycles. The Balaban J connectivity index is 2.27. The predicted molar refractivity (Wildman–Crippen MR) is 57.8 cm³/mol. The molecule has 0 amide bonds. The highest BCUT2D eigenvalue weighted by atomic mass is 16.5. The quantitative estimate of drug-likeness (QED) is 0.611. The average Bonchev–Trinajstić information content (AvgIpc) is 2.26. The van der Waals surface area contributed by atoms with Crippen molar-refractivity contribution in [2.75, 3.05) is 6.61 Å². The molecule has 0 radical (unpaired) electrons. The minimum atomic E-state index is 0.866. The van der Waals surface area contributed by atoms with Crippen molar-refractivity contribution in [3.05, 3.63) is 42.0 Å². The van der Waals surface area contributed by atoms with E-state index >= 15 is 0 Å². The largest absolute Gasteiger partial charge is 0.493 e. The lowest BCUT2D eigenvalue weighted by atomic mass is 10.0. The Kier molecular flexibility index (Phi) is 1.69. The molecule has 70 valence electrons. The van der Waals surface area contributed by atoms with Crippen LogP contribution in [0, 0.1) is 0 Å². The normalized spacial score (nSPS) is 14.9. The molecule has 0 atom stereocenters. The first-order chi connectivity index (χ1) is 6.93. The number of ether oxygens (including phenoxy) is 1. The molecular formula is C13H12O. The molecule has 0 fully saturated rings. The molecule has 2 aromatic carbocycles. The number of aryl methyl sites for hydroxylation is 1. The molecule has 1 nitrogen and oxygen atoms in total. The molecule has 2 aromatic rings. The molecule has 1 aliphatic heterocycles. The standard InChI is InChI=1S/C13H12O/c1-2-5-11-9-13-12(6-3-7-14-13)8-10(11)4-1/h1-2,4-5,8-9H,3,6-7H2. The Morgan fingerprint density at radius 2 is 1.79 bits per heavy atom. The Labute approximate surface area is 83.3 Å². The number of fused-ring (bicyclic) bond motifs is 2. The van der Waals surface area contributed by atoms with Gasteiger partial charge in [-0.2, -0.15) is 0 Å². The Morgan fingerprint density at radius 3 is 2.64 bits per heavy atom. The molecule has 0 saturated heterocycles. The van der Waals surface area contributed by atoms with Crippen molar-refractivity contribution in [2.45, 2.75) is 12.8 Å². The van der Waals surface area contributed by atoms with Crippen LogP contribution < -0.4 is 4.74 Å². The molecule has 0 aliphatic carbocycles. The van der Waals surface area contributed by atoms with Gasteiger partial charge in [-0.05, 0) is 41.3 Å². The summed E-state index contributed by atoms with van der Waals surface area (Å²) in [6.45, 7) is 0.866. The SMILES string of the molecule is c1ccc2cc3c(cc2c1)CCCO3. The van der Waals surface area contributed by atoms with Crippen LogP contribution in [0.5, 0.6) is 5.75 Å². The first-order valence-electron chi connectivity index (χ1n) is 5.08. The third kappa shape index (κ3) is 1.17. The fraction of sp³-hybridized carbons (Fsp3) is 0.231. The van der Waals surface area contributed by atoms with Crippen molar-refractivity contribution in [1.82, 2.24) is 0 Å². The van der Waals surface area contributed by atoms with Crippen LogP contribution >= 0.6 is 0 Å². The molecule has 0 N–H and O–H groups in total. The zero-order chi connectivity index (χ0) is 9.38. The summed E-state index contributed by atoms with van der Waals surface area (Å²) in [5.74, 6) is 1.08. The smallest absolute Gasteiger partial charge is 0.123 e. The maximum absolute atomic E-state index is 5.63. The predicted octanol–water partition coefficient (Wildman–Crippen LogP) is 3.16. The second-order valence-corrected chi connectivity index (χ2v) is 3.76. The highest BCUT2D eigenvalue weighted by molar-refractivity contribution is 5.85. The van der Waals surface area contributed by atoms with Gasteiger partial charge in [0.1, 0.15) is 5.75 Å². The summed E-state index contributed by atoms with van der Waals surface area (Å²) < 4.78 is 5.63. The van der Waals surface area contributed by atoms with Gasteiger partial charge in [0.2, 0.25) is 0 Å². The van der Waals surface area contributed by atoms with Gasteiger partial charge in [0.05, 0.1) is 6.61 Å². The van der Waals surface area contributed by atoms with E-state index in [1.54, 1.807) is 0 Å². The van der Waals surface area contributed by atoms with Crippen molar-refractivity contribution >= 4 is 10.8 Å². The Morgan fingerprint density at radius 1 is 1.00 bits per heavy atom. The molecule has 14 heavy (non-hydrogen) atoms. The van der Waals surface area contributed by atoms with E-state index in [0.717, 1.165) is 25.2 Å². The fourth-order valence-electron chi connectivity index (χ4n) is 2.04. The highest BCUT2D eigenvalue weighted by Gasteiger charge is 2.10. The minimum absolute atomic E-state index is 0.866. The molecule has 0 unspecified atom stereocenters. The van der Waals surface area contributed by atoms with Gasteiger partial charge in [-0.3, -0.25) is 0 Å². The van der Waals surface area contributed by atoms with Gasteiger partial charge in [-0.15, -0.1) is 0 Å². The van der Waals surface area contributed by atoms with Crippen LogP contribution in [0.25, 0.3) is 10.8 Å². The summed E-state index contributed by atoms with van der Waals surface area (Å²) in [5.41, 5.74) is 1.36. The zero-order valence-corrected chi connectivity index (χ0v) is 7.99. The lowest BCUT2D eigenvalue weighted by molar-refractivity contribution is 0.289. The van der Waals surface area contributed by atoms with E-state index in [4.69, 9.17) is 4.74 Å². The maximum Gasteiger partial charge on any atom is 0.123 e. The van der Waals surface area contributed by atoms with Gasteiger partial charge < -0.3 is 4.74 Å². The zero-order valence-electron chi connectivity index (χ0n) is 7.99. The molecule has 0 saturated carbocycles. The second-order valence-electron chi connectivity index (χ2n) is 3.76. The molecule has 0 bridgehead atoms. The monoisotopic (exact) mass is 184 g/mol. The minimum Gasteiger partial charge on any atom is -0.493 e. The van der Waals surface area contributed by atoms with E-state index in [0.29, 0.717) is 0 Å². The van der Waals surface area contributed by atoms with Crippen LogP contribution in [0.15, 0.2) is 36.4 Å². The maximum atomic E-state index is 5.63. The fourth-order valence-corrected chi connectivity index (χ4v) is 2.04. The van der Waals surface area contributed by atoms with Crippen molar-refractivity contribution < 1.29 is 4.74 Å². The summed E-state index contributed by atoms with van der Waals surface area (Å²) in [7, 11) is 0. The number of rotatable bonds is 0. The highest BCUT2D eigenvalue weighted by Crippen LogP contribution is 2.29. The van der Waals surface area contributed by atoms with Crippen molar-refractivity contribution in [3.8, 4) is 5.75 Å². The van der Waals surface area contributed by atoms with E-state index in [1.165, 1.54) is 16.3 Å². The third-order valence-electron chi connectivity index (χ3n) is 2.78. The molecule has 3 rings (SSSR count). The van der Waals surface area contributed by atoms with E-state index < -0.39 is 0 Å². The van der Waals surface area contributed by atoms with E-state index in [9.17, 15) is 0 Å². The molecule has 1 heteroatoms. The molecule has 0 aromatic heterocycles. The van der Waals surface area contributed by atoms with E-state index in [1.807, 2.05) is 0 Å². The van der Waals surface area contributed by atoms with E-state index in [-0.39, 0.29) is 0 Å². The lowest BCUT2D eigenvalue weighted by Crippen LogP contribution is -2.07. The first-order valence-corrected chi connectivity index (χ1v) is 5.08. The van der Waals surface area contributed by atoms with Crippen molar-refractivity contribution in [3.63, 3.8) is 0 Å². The van der Waals surface area contributed by atoms with Crippen molar-refractivity contribution in [2.24, 2.45) is 0 Å². The van der Waals surface area contributed by atoms with Gasteiger partial charge in [0, 0.05) is 0 Å². The molecule has 1 aliphatic rings. The molecular weight excluding hydrogens is 172 g/mol.